The first-order valence-electron chi connectivity index (χ1n) is 11.6. The van der Waals surface area contributed by atoms with Crippen molar-refractivity contribution in [1.29, 1.82) is 0 Å². The molecule has 0 aromatic heterocycles. The van der Waals surface area contributed by atoms with Crippen LogP contribution in [0.25, 0.3) is 0 Å². The summed E-state index contributed by atoms with van der Waals surface area (Å²) in [6.45, 7) is -0.624. The smallest absolute Gasteiger partial charge is 0.186 e. The first kappa shape index (κ1) is 27.7. The Hall–Kier alpha value is -2.93. The Morgan fingerprint density at radius 3 is 1.97 bits per heavy atom. The molecule has 8 N–H and O–H groups in total. The van der Waals surface area contributed by atoms with Gasteiger partial charge >= 0.3 is 0 Å². The number of ether oxygens (including phenoxy) is 2. The molecule has 2 aromatic rings. The third kappa shape index (κ3) is 7.06. The van der Waals surface area contributed by atoms with Crippen LogP contribution in [0.15, 0.2) is 36.4 Å². The van der Waals surface area contributed by atoms with Gasteiger partial charge in [-0.3, -0.25) is 4.79 Å². The van der Waals surface area contributed by atoms with Gasteiger partial charge in [0.25, 0.3) is 0 Å². The normalized spacial score (nSPS) is 24.9. The first-order valence-corrected chi connectivity index (χ1v) is 11.6. The molecular weight excluding hydrogens is 476 g/mol. The largest absolute Gasteiger partial charge is 0.504 e. The quantitative estimate of drug-likeness (QED) is 0.193. The van der Waals surface area contributed by atoms with Crippen molar-refractivity contribution in [3.63, 3.8) is 0 Å². The Kier molecular flexibility index (Phi) is 9.49. The van der Waals surface area contributed by atoms with Crippen LogP contribution in [0.5, 0.6) is 23.0 Å². The molecule has 0 saturated carbocycles. The second-order valence-corrected chi connectivity index (χ2v) is 8.88. The van der Waals surface area contributed by atoms with Gasteiger partial charge in [0.2, 0.25) is 0 Å². The van der Waals surface area contributed by atoms with E-state index < -0.39 is 43.4 Å². The average Bonchev–Trinajstić information content (AvgIpc) is 2.85. The Balaban J connectivity index is 1.68. The van der Waals surface area contributed by atoms with E-state index in [0.717, 1.165) is 0 Å². The number of phenolic OH excluding ortho intramolecular Hbond substituents is 4. The summed E-state index contributed by atoms with van der Waals surface area (Å²) < 4.78 is 11.2. The van der Waals surface area contributed by atoms with E-state index in [2.05, 4.69) is 0 Å². The molecule has 0 amide bonds. The third-order valence-electron chi connectivity index (χ3n) is 6.16. The van der Waals surface area contributed by atoms with Crippen LogP contribution in [0.2, 0.25) is 0 Å². The molecule has 198 valence electrons. The molecule has 36 heavy (non-hydrogen) atoms. The van der Waals surface area contributed by atoms with Crippen molar-refractivity contribution in [2.24, 2.45) is 0 Å². The van der Waals surface area contributed by atoms with Crippen molar-refractivity contribution in [1.82, 2.24) is 0 Å². The van der Waals surface area contributed by atoms with Crippen LogP contribution in [-0.2, 0) is 27.1 Å². The zero-order chi connectivity index (χ0) is 26.4. The van der Waals surface area contributed by atoms with Gasteiger partial charge in [-0.2, -0.15) is 0 Å². The third-order valence-corrected chi connectivity index (χ3v) is 6.16. The summed E-state index contributed by atoms with van der Waals surface area (Å²) in [5.41, 5.74) is 1.30. The Morgan fingerprint density at radius 2 is 1.42 bits per heavy atom. The van der Waals surface area contributed by atoms with Gasteiger partial charge in [-0.05, 0) is 54.7 Å². The minimum atomic E-state index is -1.63. The van der Waals surface area contributed by atoms with Gasteiger partial charge in [-0.25, -0.2) is 0 Å². The monoisotopic (exact) mass is 508 g/mol. The molecule has 1 aliphatic rings. The first-order chi connectivity index (χ1) is 17.1. The van der Waals surface area contributed by atoms with Gasteiger partial charge in [0, 0.05) is 12.8 Å². The molecule has 1 heterocycles. The predicted octanol–water partition coefficient (Wildman–Crippen LogP) is 0.219. The highest BCUT2D eigenvalue weighted by molar-refractivity contribution is 5.79. The summed E-state index contributed by atoms with van der Waals surface area (Å²) in [6, 6.07) is 8.57. The van der Waals surface area contributed by atoms with E-state index in [1.54, 1.807) is 12.1 Å². The molecular formula is C25H32O11. The number of hydrogen-bond donors (Lipinski definition) is 8. The molecule has 3 rings (SSSR count). The average molecular weight is 509 g/mol. The number of aryl methyl sites for hydroxylation is 2. The number of ketones is 1. The highest BCUT2D eigenvalue weighted by Gasteiger charge is 2.44. The van der Waals surface area contributed by atoms with Crippen molar-refractivity contribution in [3.8, 4) is 23.0 Å². The van der Waals surface area contributed by atoms with Crippen LogP contribution >= 0.6 is 0 Å². The lowest BCUT2D eigenvalue weighted by molar-refractivity contribution is -0.311. The van der Waals surface area contributed by atoms with Crippen molar-refractivity contribution in [2.75, 3.05) is 6.61 Å². The molecule has 11 heteroatoms. The van der Waals surface area contributed by atoms with E-state index >= 15 is 0 Å². The maximum atomic E-state index is 12.8. The van der Waals surface area contributed by atoms with Crippen LogP contribution in [-0.4, -0.2) is 90.1 Å². The molecule has 0 radical (unpaired) electrons. The van der Waals surface area contributed by atoms with Gasteiger partial charge in [-0.1, -0.05) is 12.1 Å². The summed E-state index contributed by atoms with van der Waals surface area (Å²) in [4.78, 5) is 12.8. The summed E-state index contributed by atoms with van der Waals surface area (Å²) in [7, 11) is 0. The molecule has 1 saturated heterocycles. The number of benzene rings is 2. The van der Waals surface area contributed by atoms with Crippen LogP contribution in [0.1, 0.15) is 30.4 Å². The fourth-order valence-corrected chi connectivity index (χ4v) is 4.00. The second-order valence-electron chi connectivity index (χ2n) is 8.88. The minimum absolute atomic E-state index is 0.0941. The lowest BCUT2D eigenvalue weighted by atomic mass is 9.98. The summed E-state index contributed by atoms with van der Waals surface area (Å²) in [5, 5.41) is 78.1. The van der Waals surface area contributed by atoms with Gasteiger partial charge < -0.3 is 50.3 Å². The van der Waals surface area contributed by atoms with Crippen molar-refractivity contribution >= 4 is 5.78 Å². The Labute approximate surface area is 207 Å². The number of aromatic hydroxyl groups is 4. The SMILES string of the molecule is O=C(CCc1ccc(O)c(O)c1)C[C@@H](CCc1ccc(O)c(O)c1)O[C@H]1O[C@@H](CO)[C@H](O)[C@@H](O)[C@@H]1O. The molecule has 0 unspecified atom stereocenters. The number of hydrogen-bond acceptors (Lipinski definition) is 11. The van der Waals surface area contributed by atoms with Crippen molar-refractivity contribution in [2.45, 2.75) is 68.9 Å². The number of carbonyl (C=O) groups is 1. The van der Waals surface area contributed by atoms with Crippen molar-refractivity contribution in [3.05, 3.63) is 47.5 Å². The molecule has 6 atom stereocenters. The van der Waals surface area contributed by atoms with Crippen LogP contribution in [0.3, 0.4) is 0 Å². The molecule has 2 aromatic carbocycles. The molecule has 0 bridgehead atoms. The van der Waals surface area contributed by atoms with E-state index in [4.69, 9.17) is 9.47 Å². The molecule has 1 aliphatic heterocycles. The lowest BCUT2D eigenvalue weighted by Crippen LogP contribution is -2.59. The van der Waals surface area contributed by atoms with E-state index in [1.807, 2.05) is 0 Å². The summed E-state index contributed by atoms with van der Waals surface area (Å²) >= 11 is 0. The fraction of sp³-hybridized carbons (Fsp3) is 0.480. The van der Waals surface area contributed by atoms with Crippen LogP contribution in [0.4, 0.5) is 0 Å². The number of aliphatic hydroxyl groups is 4. The van der Waals surface area contributed by atoms with E-state index in [9.17, 15) is 45.6 Å². The highest BCUT2D eigenvalue weighted by Crippen LogP contribution is 2.29. The topological polar surface area (TPSA) is 197 Å². The zero-order valence-electron chi connectivity index (χ0n) is 19.5. The Morgan fingerprint density at radius 1 is 0.833 bits per heavy atom. The Bertz CT molecular complexity index is 1030. The predicted molar refractivity (Wildman–Crippen MR) is 124 cm³/mol. The number of aliphatic hydroxyl groups excluding tert-OH is 4. The number of phenols is 4. The van der Waals surface area contributed by atoms with Crippen molar-refractivity contribution < 1.29 is 55.1 Å². The van der Waals surface area contributed by atoms with E-state index in [1.165, 1.54) is 24.3 Å². The summed E-state index contributed by atoms with van der Waals surface area (Å²) in [6.07, 6.45) is -7.32. The highest BCUT2D eigenvalue weighted by atomic mass is 16.7. The number of Topliss-reactive ketones (excluding diaryl/α,β-unsaturated/α-hetero) is 1. The van der Waals surface area contributed by atoms with E-state index in [-0.39, 0.29) is 48.0 Å². The minimum Gasteiger partial charge on any atom is -0.504 e. The van der Waals surface area contributed by atoms with Crippen LogP contribution in [0, 0.1) is 0 Å². The van der Waals surface area contributed by atoms with Gasteiger partial charge in [0.05, 0.1) is 12.7 Å². The molecule has 0 spiro atoms. The standard InChI is InChI=1S/C25H32O11/c26-12-21-22(32)23(33)24(34)25(36-21)35-16(6-2-14-4-8-18(29)20(31)10-14)11-15(27)5-1-13-3-7-17(28)19(30)9-13/h3-4,7-10,16,21-26,28-34H,1-2,5-6,11-12H2/t16-,21+,22+,23-,24+,25+/m1/s1. The second kappa shape index (κ2) is 12.3. The van der Waals surface area contributed by atoms with Gasteiger partial charge in [0.1, 0.15) is 30.2 Å². The molecule has 1 fully saturated rings. The fourth-order valence-electron chi connectivity index (χ4n) is 4.00. The number of rotatable bonds is 11. The van der Waals surface area contributed by atoms with E-state index in [0.29, 0.717) is 24.0 Å². The maximum absolute atomic E-state index is 12.8. The van der Waals surface area contributed by atoms with Gasteiger partial charge in [0.15, 0.2) is 29.3 Å². The zero-order valence-corrected chi connectivity index (χ0v) is 19.5. The van der Waals surface area contributed by atoms with Crippen LogP contribution < -0.4 is 0 Å². The maximum Gasteiger partial charge on any atom is 0.186 e. The molecule has 0 aliphatic carbocycles. The number of carbonyl (C=O) groups excluding carboxylic acids is 1. The van der Waals surface area contributed by atoms with Gasteiger partial charge in [-0.15, -0.1) is 0 Å². The summed E-state index contributed by atoms with van der Waals surface area (Å²) in [5.74, 6) is -1.33. The molecule has 11 nitrogen and oxygen atoms in total. The lowest BCUT2D eigenvalue weighted by Gasteiger charge is -2.40.